The molecule has 2 rings (SSSR count). The Morgan fingerprint density at radius 1 is 1.59 bits per heavy atom. The Morgan fingerprint density at radius 2 is 2.24 bits per heavy atom. The number of rotatable bonds is 5. The molecule has 94 valence electrons. The van der Waals surface area contributed by atoms with Crippen molar-refractivity contribution in [2.24, 2.45) is 11.7 Å². The lowest BCUT2D eigenvalue weighted by Gasteiger charge is -2.17. The van der Waals surface area contributed by atoms with Crippen molar-refractivity contribution in [2.75, 3.05) is 0 Å². The van der Waals surface area contributed by atoms with Crippen molar-refractivity contribution in [2.45, 2.75) is 45.3 Å². The van der Waals surface area contributed by atoms with Crippen LogP contribution in [0.15, 0.2) is 0 Å². The fourth-order valence-electron chi connectivity index (χ4n) is 1.82. The highest BCUT2D eigenvalue weighted by atomic mass is 16.3. The van der Waals surface area contributed by atoms with E-state index in [1.54, 1.807) is 11.6 Å². The van der Waals surface area contributed by atoms with Crippen molar-refractivity contribution in [3.8, 4) is 0 Å². The number of primary amides is 1. The molecule has 1 saturated carbocycles. The van der Waals surface area contributed by atoms with Crippen molar-refractivity contribution >= 4 is 5.91 Å². The van der Waals surface area contributed by atoms with Gasteiger partial charge in [-0.1, -0.05) is 5.21 Å². The van der Waals surface area contributed by atoms with Gasteiger partial charge in [0.05, 0.1) is 17.8 Å². The topological polar surface area (TPSA) is 94.0 Å². The normalized spacial score (nSPS) is 19.0. The maximum Gasteiger partial charge on any atom is 0.271 e. The van der Waals surface area contributed by atoms with Gasteiger partial charge in [0.2, 0.25) is 0 Å². The monoisotopic (exact) mass is 238 g/mol. The molecular weight excluding hydrogens is 220 g/mol. The molecule has 3 N–H and O–H groups in total. The Balaban J connectivity index is 2.33. The van der Waals surface area contributed by atoms with E-state index in [2.05, 4.69) is 10.3 Å². The molecule has 0 bridgehead atoms. The second kappa shape index (κ2) is 4.44. The van der Waals surface area contributed by atoms with Crippen LogP contribution in [0.25, 0.3) is 0 Å². The Kier molecular flexibility index (Phi) is 3.15. The highest BCUT2D eigenvalue weighted by Gasteiger charge is 2.29. The molecule has 2 unspecified atom stereocenters. The lowest BCUT2D eigenvalue weighted by atomic mass is 10.1. The van der Waals surface area contributed by atoms with Gasteiger partial charge in [-0.3, -0.25) is 4.79 Å². The largest absolute Gasteiger partial charge is 0.391 e. The lowest BCUT2D eigenvalue weighted by molar-refractivity contribution is 0.0993. The molecule has 2 atom stereocenters. The number of nitrogens with zero attached hydrogens (tertiary/aromatic N) is 3. The summed E-state index contributed by atoms with van der Waals surface area (Å²) in [6.07, 6.45) is 2.57. The van der Waals surface area contributed by atoms with Crippen LogP contribution >= 0.6 is 0 Å². The van der Waals surface area contributed by atoms with Crippen LogP contribution in [-0.4, -0.2) is 32.1 Å². The highest BCUT2D eigenvalue weighted by molar-refractivity contribution is 5.91. The van der Waals surface area contributed by atoms with Gasteiger partial charge in [-0.15, -0.1) is 5.10 Å². The number of carbonyl (C=O) groups excluding carboxylic acids is 1. The average Bonchev–Trinajstić information content (AvgIpc) is 2.95. The van der Waals surface area contributed by atoms with Crippen molar-refractivity contribution in [3.05, 3.63) is 11.4 Å². The van der Waals surface area contributed by atoms with Crippen LogP contribution in [0.2, 0.25) is 0 Å². The molecule has 1 amide bonds. The summed E-state index contributed by atoms with van der Waals surface area (Å²) >= 11 is 0. The predicted molar refractivity (Wildman–Crippen MR) is 61.4 cm³/mol. The van der Waals surface area contributed by atoms with Gasteiger partial charge in [0, 0.05) is 0 Å². The molecule has 0 aromatic carbocycles. The number of nitrogens with two attached hydrogens (primary N) is 1. The quantitative estimate of drug-likeness (QED) is 0.770. The summed E-state index contributed by atoms with van der Waals surface area (Å²) in [6, 6.07) is -0.204. The van der Waals surface area contributed by atoms with Crippen LogP contribution in [0.4, 0.5) is 0 Å². The van der Waals surface area contributed by atoms with E-state index in [0.717, 1.165) is 12.1 Å². The molecule has 1 aliphatic carbocycles. The Hall–Kier alpha value is -1.43. The van der Waals surface area contributed by atoms with E-state index in [9.17, 15) is 9.90 Å². The van der Waals surface area contributed by atoms with E-state index in [1.165, 1.54) is 12.8 Å². The Labute approximate surface area is 99.8 Å². The molecule has 0 radical (unpaired) electrons. The zero-order chi connectivity index (χ0) is 12.6. The van der Waals surface area contributed by atoms with Gasteiger partial charge in [0.25, 0.3) is 5.91 Å². The number of aliphatic hydroxyl groups is 1. The highest BCUT2D eigenvalue weighted by Crippen LogP contribution is 2.33. The van der Waals surface area contributed by atoms with E-state index in [1.807, 2.05) is 6.92 Å². The molecule has 0 aliphatic heterocycles. The molecular formula is C11H18N4O2. The number of hydrogen-bond donors (Lipinski definition) is 2. The number of amides is 1. The van der Waals surface area contributed by atoms with E-state index in [0.29, 0.717) is 5.92 Å². The second-order valence-electron chi connectivity index (χ2n) is 4.82. The van der Waals surface area contributed by atoms with Gasteiger partial charge < -0.3 is 10.8 Å². The minimum Gasteiger partial charge on any atom is -0.391 e. The molecule has 1 aliphatic rings. The maximum atomic E-state index is 11.3. The summed E-state index contributed by atoms with van der Waals surface area (Å²) in [6.45, 7) is 3.54. The first kappa shape index (κ1) is 12.0. The Morgan fingerprint density at radius 3 is 2.71 bits per heavy atom. The first-order chi connectivity index (χ1) is 8.00. The molecule has 17 heavy (non-hydrogen) atoms. The minimum atomic E-state index is -0.551. The molecule has 0 spiro atoms. The van der Waals surface area contributed by atoms with Crippen LogP contribution in [0.3, 0.4) is 0 Å². The standard InChI is InChI=1S/C11H18N4O2/c1-6(7(2)16)15-9(5-8-3-4-8)10(11(12)17)13-14-15/h6-8,16H,3-5H2,1-2H3,(H2,12,17). The van der Waals surface area contributed by atoms with Crippen LogP contribution in [0.5, 0.6) is 0 Å². The fraction of sp³-hybridized carbons (Fsp3) is 0.727. The zero-order valence-electron chi connectivity index (χ0n) is 10.1. The first-order valence-corrected chi connectivity index (χ1v) is 5.92. The summed E-state index contributed by atoms with van der Waals surface area (Å²) in [7, 11) is 0. The van der Waals surface area contributed by atoms with Crippen molar-refractivity contribution in [1.29, 1.82) is 0 Å². The number of aliphatic hydroxyl groups excluding tert-OH is 1. The van der Waals surface area contributed by atoms with E-state index >= 15 is 0 Å². The summed E-state index contributed by atoms with van der Waals surface area (Å²) in [5.74, 6) is 0.0521. The van der Waals surface area contributed by atoms with Crippen molar-refractivity contribution < 1.29 is 9.90 Å². The SMILES string of the molecule is CC(O)C(C)n1nnc(C(N)=O)c1CC1CC1. The average molecular weight is 238 g/mol. The van der Waals surface area contributed by atoms with Gasteiger partial charge >= 0.3 is 0 Å². The van der Waals surface area contributed by atoms with Crippen LogP contribution in [-0.2, 0) is 6.42 Å². The maximum absolute atomic E-state index is 11.3. The van der Waals surface area contributed by atoms with Crippen molar-refractivity contribution in [3.63, 3.8) is 0 Å². The molecule has 0 saturated heterocycles. The molecule has 6 heteroatoms. The summed E-state index contributed by atoms with van der Waals surface area (Å²) in [5.41, 5.74) is 6.28. The lowest BCUT2D eigenvalue weighted by Crippen LogP contribution is -2.23. The van der Waals surface area contributed by atoms with E-state index in [4.69, 9.17) is 5.73 Å². The third-order valence-corrected chi connectivity index (χ3v) is 3.29. The second-order valence-corrected chi connectivity index (χ2v) is 4.82. The minimum absolute atomic E-state index is 0.204. The molecule has 1 aromatic rings. The third-order valence-electron chi connectivity index (χ3n) is 3.29. The van der Waals surface area contributed by atoms with Crippen LogP contribution in [0, 0.1) is 5.92 Å². The molecule has 1 aromatic heterocycles. The number of aromatic nitrogens is 3. The first-order valence-electron chi connectivity index (χ1n) is 5.92. The predicted octanol–water partition coefficient (Wildman–Crippen LogP) is 0.271. The van der Waals surface area contributed by atoms with Crippen LogP contribution in [0.1, 0.15) is 48.9 Å². The summed E-state index contributed by atoms with van der Waals surface area (Å²) < 4.78 is 1.63. The van der Waals surface area contributed by atoms with Crippen LogP contribution < -0.4 is 5.73 Å². The third kappa shape index (κ3) is 2.46. The van der Waals surface area contributed by atoms with E-state index < -0.39 is 12.0 Å². The molecule has 6 nitrogen and oxygen atoms in total. The fourth-order valence-corrected chi connectivity index (χ4v) is 1.82. The Bertz CT molecular complexity index is 423. The van der Waals surface area contributed by atoms with Gasteiger partial charge in [-0.25, -0.2) is 4.68 Å². The van der Waals surface area contributed by atoms with Gasteiger partial charge in [-0.05, 0) is 39.0 Å². The number of hydrogen-bond acceptors (Lipinski definition) is 4. The van der Waals surface area contributed by atoms with E-state index in [-0.39, 0.29) is 11.7 Å². The zero-order valence-corrected chi connectivity index (χ0v) is 10.1. The molecule has 1 fully saturated rings. The molecule has 1 heterocycles. The number of carbonyl (C=O) groups is 1. The summed E-state index contributed by atoms with van der Waals surface area (Å²) in [4.78, 5) is 11.3. The summed E-state index contributed by atoms with van der Waals surface area (Å²) in [5, 5.41) is 17.4. The van der Waals surface area contributed by atoms with Gasteiger partial charge in [-0.2, -0.15) is 0 Å². The van der Waals surface area contributed by atoms with Gasteiger partial charge in [0.15, 0.2) is 5.69 Å². The van der Waals surface area contributed by atoms with Gasteiger partial charge in [0.1, 0.15) is 0 Å². The van der Waals surface area contributed by atoms with Crippen molar-refractivity contribution in [1.82, 2.24) is 15.0 Å². The smallest absolute Gasteiger partial charge is 0.271 e.